The predicted octanol–water partition coefficient (Wildman–Crippen LogP) is 2.58. The first-order valence-electron chi connectivity index (χ1n) is 11.7. The Kier molecular flexibility index (Phi) is 6.79. The molecular formula is C26H24N7O4-. The van der Waals surface area contributed by atoms with E-state index in [-0.39, 0.29) is 16.8 Å². The number of amides is 2. The van der Waals surface area contributed by atoms with Gasteiger partial charge in [-0.2, -0.15) is 0 Å². The maximum absolute atomic E-state index is 12.9. The standard InChI is InChI=1S/C26H24N7O4/c34-25(31-19-6-1-16(2-7-19)23-27-11-12-28-23)18-5-10-21(22(15-18)33(36)37)26(35)32-20-8-3-17(4-9-20)24-29-13-14-30-24/h1-10,15,36H,11-14H2,(H,27,28)(H,29,30)(H,31,34)(H,32,35)/q-1. The van der Waals surface area contributed by atoms with E-state index in [9.17, 15) is 20.0 Å². The molecule has 0 radical (unpaired) electrons. The van der Waals surface area contributed by atoms with Crippen molar-refractivity contribution in [2.45, 2.75) is 0 Å². The van der Waals surface area contributed by atoms with Crippen LogP contribution in [0.2, 0.25) is 0 Å². The smallest absolute Gasteiger partial charge is 0.257 e. The number of amidine groups is 2. The lowest BCUT2D eigenvalue weighted by Crippen LogP contribution is -2.21. The Morgan fingerprint density at radius 2 is 1.30 bits per heavy atom. The highest BCUT2D eigenvalue weighted by molar-refractivity contribution is 6.11. The zero-order chi connectivity index (χ0) is 25.8. The van der Waals surface area contributed by atoms with Crippen molar-refractivity contribution in [3.8, 4) is 0 Å². The largest absolute Gasteiger partial charge is 0.733 e. The van der Waals surface area contributed by atoms with Crippen molar-refractivity contribution in [2.24, 2.45) is 9.98 Å². The van der Waals surface area contributed by atoms with E-state index < -0.39 is 17.0 Å². The monoisotopic (exact) mass is 498 g/mol. The van der Waals surface area contributed by atoms with Crippen LogP contribution in [-0.2, 0) is 0 Å². The molecule has 3 aromatic carbocycles. The van der Waals surface area contributed by atoms with E-state index in [1.807, 2.05) is 24.3 Å². The SMILES string of the molecule is O=C(Nc1ccc(C2=NCCN2)cc1)c1ccc(C(=O)Nc2ccc(C3=NCCN3)cc2)c(N([O-])O)c1. The van der Waals surface area contributed by atoms with Gasteiger partial charge in [0.2, 0.25) is 0 Å². The molecule has 0 unspecified atom stereocenters. The molecule has 2 aliphatic rings. The van der Waals surface area contributed by atoms with Gasteiger partial charge in [-0.15, -0.1) is 0 Å². The number of carbonyl (C=O) groups excluding carboxylic acids is 2. The van der Waals surface area contributed by atoms with Crippen LogP contribution in [0.25, 0.3) is 0 Å². The number of carbonyl (C=O) groups is 2. The van der Waals surface area contributed by atoms with Gasteiger partial charge in [-0.05, 0) is 66.7 Å². The fourth-order valence-electron chi connectivity index (χ4n) is 4.03. The summed E-state index contributed by atoms with van der Waals surface area (Å²) in [5.74, 6) is 0.497. The molecule has 11 heteroatoms. The minimum Gasteiger partial charge on any atom is -0.733 e. The van der Waals surface area contributed by atoms with Crippen LogP contribution in [0.1, 0.15) is 31.8 Å². The van der Waals surface area contributed by atoms with Crippen molar-refractivity contribution >= 4 is 40.5 Å². The van der Waals surface area contributed by atoms with Gasteiger partial charge in [-0.25, -0.2) is 0 Å². The van der Waals surface area contributed by atoms with Crippen LogP contribution in [0, 0.1) is 5.21 Å². The number of anilines is 3. The maximum atomic E-state index is 12.9. The zero-order valence-electron chi connectivity index (χ0n) is 19.7. The van der Waals surface area contributed by atoms with Crippen LogP contribution < -0.4 is 26.5 Å². The quantitative estimate of drug-likeness (QED) is 0.314. The van der Waals surface area contributed by atoms with E-state index in [0.717, 1.165) is 55.0 Å². The molecule has 2 heterocycles. The molecule has 0 saturated heterocycles. The summed E-state index contributed by atoms with van der Waals surface area (Å²) >= 11 is 0. The molecule has 0 aliphatic carbocycles. The Balaban J connectivity index is 1.28. The highest BCUT2D eigenvalue weighted by atomic mass is 16.8. The van der Waals surface area contributed by atoms with Crippen molar-refractivity contribution in [3.05, 3.63) is 94.2 Å². The predicted molar refractivity (Wildman–Crippen MR) is 142 cm³/mol. The van der Waals surface area contributed by atoms with Crippen LogP contribution in [-0.4, -0.2) is 54.9 Å². The Labute approximate surface area is 212 Å². The third kappa shape index (κ3) is 5.42. The number of rotatable bonds is 7. The molecule has 0 saturated carbocycles. The first kappa shape index (κ1) is 24.0. The van der Waals surface area contributed by atoms with Crippen LogP contribution in [0.5, 0.6) is 0 Å². The summed E-state index contributed by atoms with van der Waals surface area (Å²) in [6.45, 7) is 3.03. The fraction of sp³-hybridized carbons (Fsp3) is 0.154. The number of hydrogen-bond donors (Lipinski definition) is 5. The molecule has 3 aromatic rings. The molecule has 2 aliphatic heterocycles. The van der Waals surface area contributed by atoms with Crippen LogP contribution in [0.3, 0.4) is 0 Å². The Morgan fingerprint density at radius 1 is 0.784 bits per heavy atom. The van der Waals surface area contributed by atoms with Gasteiger partial charge in [-0.1, -0.05) is 0 Å². The molecule has 0 atom stereocenters. The Morgan fingerprint density at radius 3 is 1.76 bits per heavy atom. The highest BCUT2D eigenvalue weighted by Crippen LogP contribution is 2.24. The normalized spacial score (nSPS) is 14.2. The molecule has 188 valence electrons. The number of aliphatic imine (C=N–C) groups is 2. The van der Waals surface area contributed by atoms with Crippen molar-refractivity contribution in [2.75, 3.05) is 42.0 Å². The molecule has 37 heavy (non-hydrogen) atoms. The second-order valence-electron chi connectivity index (χ2n) is 8.38. The highest BCUT2D eigenvalue weighted by Gasteiger charge is 2.17. The first-order valence-corrected chi connectivity index (χ1v) is 11.7. The van der Waals surface area contributed by atoms with Gasteiger partial charge in [-0.3, -0.25) is 24.8 Å². The lowest BCUT2D eigenvalue weighted by molar-refractivity contribution is 0.101. The van der Waals surface area contributed by atoms with E-state index in [1.165, 1.54) is 12.1 Å². The topological polar surface area (TPSA) is 154 Å². The molecule has 0 fully saturated rings. The third-order valence-corrected chi connectivity index (χ3v) is 5.89. The molecule has 2 amide bonds. The molecule has 0 aromatic heterocycles. The summed E-state index contributed by atoms with van der Waals surface area (Å²) < 4.78 is 0. The van der Waals surface area contributed by atoms with E-state index >= 15 is 0 Å². The van der Waals surface area contributed by atoms with Crippen molar-refractivity contribution in [1.29, 1.82) is 0 Å². The molecule has 5 rings (SSSR count). The minimum atomic E-state index is -0.611. The summed E-state index contributed by atoms with van der Waals surface area (Å²) in [6.07, 6.45) is 0. The van der Waals surface area contributed by atoms with Gasteiger partial charge in [0.05, 0.1) is 24.3 Å². The second kappa shape index (κ2) is 10.5. The van der Waals surface area contributed by atoms with Crippen molar-refractivity contribution in [1.82, 2.24) is 10.6 Å². The minimum absolute atomic E-state index is 0.0887. The average Bonchev–Trinajstić information content (AvgIpc) is 3.64. The summed E-state index contributed by atoms with van der Waals surface area (Å²) in [5, 5.41) is 32.8. The molecule has 0 spiro atoms. The lowest BCUT2D eigenvalue weighted by Gasteiger charge is -2.25. The maximum Gasteiger partial charge on any atom is 0.257 e. The summed E-state index contributed by atoms with van der Waals surface area (Å²) in [5.41, 5.74) is 2.50. The summed E-state index contributed by atoms with van der Waals surface area (Å²) in [7, 11) is 0. The average molecular weight is 499 g/mol. The number of nitrogens with one attached hydrogen (secondary N) is 4. The zero-order valence-corrected chi connectivity index (χ0v) is 19.7. The van der Waals surface area contributed by atoms with Gasteiger partial charge in [0, 0.05) is 41.2 Å². The van der Waals surface area contributed by atoms with Gasteiger partial charge in [0.25, 0.3) is 11.8 Å². The fourth-order valence-corrected chi connectivity index (χ4v) is 4.03. The molecule has 5 N–H and O–H groups in total. The Hall–Kier alpha value is -4.74. The first-order chi connectivity index (χ1) is 18.0. The lowest BCUT2D eigenvalue weighted by atomic mass is 10.1. The molecular weight excluding hydrogens is 474 g/mol. The van der Waals surface area contributed by atoms with Crippen molar-refractivity contribution < 1.29 is 14.8 Å². The second-order valence-corrected chi connectivity index (χ2v) is 8.38. The van der Waals surface area contributed by atoms with Crippen LogP contribution in [0.15, 0.2) is 76.7 Å². The van der Waals surface area contributed by atoms with Gasteiger partial charge >= 0.3 is 0 Å². The van der Waals surface area contributed by atoms with E-state index in [1.54, 1.807) is 24.3 Å². The van der Waals surface area contributed by atoms with E-state index in [4.69, 9.17) is 0 Å². The van der Waals surface area contributed by atoms with E-state index in [0.29, 0.717) is 11.4 Å². The van der Waals surface area contributed by atoms with Crippen LogP contribution in [0.4, 0.5) is 17.1 Å². The van der Waals surface area contributed by atoms with Crippen LogP contribution >= 0.6 is 0 Å². The Bertz CT molecular complexity index is 1380. The third-order valence-electron chi connectivity index (χ3n) is 5.89. The van der Waals surface area contributed by atoms with Gasteiger partial charge < -0.3 is 31.7 Å². The van der Waals surface area contributed by atoms with Gasteiger partial charge in [0.1, 0.15) is 11.7 Å². The van der Waals surface area contributed by atoms with E-state index in [2.05, 4.69) is 31.3 Å². The summed E-state index contributed by atoms with van der Waals surface area (Å²) in [6, 6.07) is 18.1. The number of benzene rings is 3. The summed E-state index contributed by atoms with van der Waals surface area (Å²) in [4.78, 5) is 34.3. The number of hydrogen-bond acceptors (Lipinski definition) is 9. The van der Waals surface area contributed by atoms with Crippen molar-refractivity contribution in [3.63, 3.8) is 0 Å². The molecule has 0 bridgehead atoms. The van der Waals surface area contributed by atoms with Gasteiger partial charge in [0.15, 0.2) is 0 Å². The molecule has 11 nitrogen and oxygen atoms in total. The number of nitrogens with zero attached hydrogens (tertiary/aromatic N) is 3.